The Labute approximate surface area is 194 Å². The van der Waals surface area contributed by atoms with E-state index >= 15 is 0 Å². The van der Waals surface area contributed by atoms with Gasteiger partial charge < -0.3 is 14.6 Å². The van der Waals surface area contributed by atoms with E-state index in [1.54, 1.807) is 11.8 Å². The lowest BCUT2D eigenvalue weighted by atomic mass is 10.1. The molecule has 1 aliphatic rings. The minimum absolute atomic E-state index is 0.132. The van der Waals surface area contributed by atoms with Gasteiger partial charge in [-0.25, -0.2) is 0 Å². The van der Waals surface area contributed by atoms with Crippen LogP contribution in [0.4, 0.5) is 13.2 Å². The molecular formula is C25H24F3N3O3. The number of hydrogen-bond donors (Lipinski definition) is 1. The second-order valence-corrected chi connectivity index (χ2v) is 8.45. The smallest absolute Gasteiger partial charge is 0.416 e. The third kappa shape index (κ3) is 5.13. The Kier molecular flexibility index (Phi) is 6.45. The van der Waals surface area contributed by atoms with Crippen LogP contribution < -0.4 is 5.56 Å². The predicted molar refractivity (Wildman–Crippen MR) is 119 cm³/mol. The highest BCUT2D eigenvalue weighted by atomic mass is 19.4. The van der Waals surface area contributed by atoms with E-state index in [1.807, 2.05) is 18.2 Å². The number of carbonyl (C=O) groups is 1. The molecule has 6 nitrogen and oxygen atoms in total. The summed E-state index contributed by atoms with van der Waals surface area (Å²) in [6.45, 7) is 2.06. The minimum atomic E-state index is -4.38. The van der Waals surface area contributed by atoms with Crippen molar-refractivity contribution in [2.75, 3.05) is 6.54 Å². The molecule has 3 aromatic rings. The zero-order valence-corrected chi connectivity index (χ0v) is 18.5. The zero-order valence-electron chi connectivity index (χ0n) is 18.5. The summed E-state index contributed by atoms with van der Waals surface area (Å²) in [5.41, 5.74) is 1.47. The van der Waals surface area contributed by atoms with Gasteiger partial charge in [-0.15, -0.1) is 0 Å². The van der Waals surface area contributed by atoms with Gasteiger partial charge in [0.1, 0.15) is 12.3 Å². The molecule has 1 saturated heterocycles. The van der Waals surface area contributed by atoms with Gasteiger partial charge in [-0.1, -0.05) is 18.2 Å². The molecule has 2 aromatic heterocycles. The van der Waals surface area contributed by atoms with Crippen molar-refractivity contribution in [2.24, 2.45) is 0 Å². The molecule has 1 unspecified atom stereocenters. The number of benzene rings is 1. The van der Waals surface area contributed by atoms with Crippen molar-refractivity contribution < 1.29 is 23.1 Å². The van der Waals surface area contributed by atoms with Crippen LogP contribution in [0, 0.1) is 6.92 Å². The molecule has 1 amide bonds. The summed E-state index contributed by atoms with van der Waals surface area (Å²) >= 11 is 0. The SMILES string of the molecule is Cc1cc(O)cc(=O)n1CC(=O)N1CCCC1c1cccc(Cc2ccc(C(F)(F)F)cc2)n1. The van der Waals surface area contributed by atoms with Crippen molar-refractivity contribution in [1.29, 1.82) is 0 Å². The third-order valence-electron chi connectivity index (χ3n) is 6.02. The predicted octanol–water partition coefficient (Wildman–Crippen LogP) is 4.23. The Morgan fingerprint density at radius 3 is 2.56 bits per heavy atom. The molecule has 34 heavy (non-hydrogen) atoms. The quantitative estimate of drug-likeness (QED) is 0.604. The summed E-state index contributed by atoms with van der Waals surface area (Å²) in [5, 5.41) is 9.57. The van der Waals surface area contributed by atoms with Crippen molar-refractivity contribution in [3.8, 4) is 5.75 Å². The monoisotopic (exact) mass is 471 g/mol. The normalized spacial score (nSPS) is 16.1. The van der Waals surface area contributed by atoms with Crippen molar-refractivity contribution in [1.82, 2.24) is 14.5 Å². The number of aryl methyl sites for hydroxylation is 1. The van der Waals surface area contributed by atoms with E-state index in [2.05, 4.69) is 4.98 Å². The number of likely N-dealkylation sites (tertiary alicyclic amines) is 1. The zero-order chi connectivity index (χ0) is 24.5. The second kappa shape index (κ2) is 9.32. The number of nitrogens with zero attached hydrogens (tertiary/aromatic N) is 3. The van der Waals surface area contributed by atoms with Crippen LogP contribution in [0.2, 0.25) is 0 Å². The van der Waals surface area contributed by atoms with Gasteiger partial charge in [-0.2, -0.15) is 13.2 Å². The molecule has 3 heterocycles. The van der Waals surface area contributed by atoms with E-state index in [1.165, 1.54) is 22.8 Å². The fourth-order valence-electron chi connectivity index (χ4n) is 4.32. The van der Waals surface area contributed by atoms with E-state index in [0.717, 1.165) is 31.0 Å². The summed E-state index contributed by atoms with van der Waals surface area (Å²) in [7, 11) is 0. The number of halogens is 3. The molecule has 9 heteroatoms. The highest BCUT2D eigenvalue weighted by Crippen LogP contribution is 2.32. The first-order valence-electron chi connectivity index (χ1n) is 10.9. The average molecular weight is 471 g/mol. The lowest BCUT2D eigenvalue weighted by molar-refractivity contribution is -0.137. The molecule has 178 valence electrons. The summed E-state index contributed by atoms with van der Waals surface area (Å²) < 4.78 is 39.7. The highest BCUT2D eigenvalue weighted by Gasteiger charge is 2.32. The fraction of sp³-hybridized carbons (Fsp3) is 0.320. The molecule has 1 fully saturated rings. The van der Waals surface area contributed by atoms with Crippen LogP contribution >= 0.6 is 0 Å². The molecule has 0 aliphatic carbocycles. The lowest BCUT2D eigenvalue weighted by Crippen LogP contribution is -2.37. The number of carbonyl (C=O) groups excluding carboxylic acids is 1. The second-order valence-electron chi connectivity index (χ2n) is 8.45. The minimum Gasteiger partial charge on any atom is -0.508 e. The number of aromatic hydroxyl groups is 1. The molecule has 1 aliphatic heterocycles. The fourth-order valence-corrected chi connectivity index (χ4v) is 4.32. The van der Waals surface area contributed by atoms with Crippen LogP contribution in [0.15, 0.2) is 59.4 Å². The summed E-state index contributed by atoms with van der Waals surface area (Å²) in [6, 6.07) is 12.8. The van der Waals surface area contributed by atoms with Gasteiger partial charge >= 0.3 is 6.18 Å². The maximum atomic E-state index is 13.1. The largest absolute Gasteiger partial charge is 0.508 e. The van der Waals surface area contributed by atoms with Crippen LogP contribution in [0.25, 0.3) is 0 Å². The Bertz CT molecular complexity index is 1250. The topological polar surface area (TPSA) is 75.4 Å². The van der Waals surface area contributed by atoms with Gasteiger partial charge in [0.15, 0.2) is 0 Å². The number of alkyl halides is 3. The van der Waals surface area contributed by atoms with Crippen LogP contribution in [0.3, 0.4) is 0 Å². The molecule has 1 N–H and O–H groups in total. The first-order chi connectivity index (χ1) is 16.1. The Morgan fingerprint density at radius 2 is 1.88 bits per heavy atom. The summed E-state index contributed by atoms with van der Waals surface area (Å²) in [6.07, 6.45) is -2.48. The van der Waals surface area contributed by atoms with Crippen LogP contribution in [-0.2, 0) is 23.9 Å². The summed E-state index contributed by atoms with van der Waals surface area (Å²) in [5.74, 6) is -0.354. The maximum absolute atomic E-state index is 13.1. The molecule has 0 bridgehead atoms. The van der Waals surface area contributed by atoms with E-state index < -0.39 is 17.3 Å². The Morgan fingerprint density at radius 1 is 1.15 bits per heavy atom. The molecule has 0 radical (unpaired) electrons. The van der Waals surface area contributed by atoms with Gasteiger partial charge in [-0.05, 0) is 55.7 Å². The average Bonchev–Trinajstić information content (AvgIpc) is 3.26. The van der Waals surface area contributed by atoms with Gasteiger partial charge in [0, 0.05) is 30.4 Å². The number of hydrogen-bond acceptors (Lipinski definition) is 4. The Hall–Kier alpha value is -3.62. The van der Waals surface area contributed by atoms with Crippen LogP contribution in [0.1, 0.15) is 47.1 Å². The lowest BCUT2D eigenvalue weighted by Gasteiger charge is -2.25. The van der Waals surface area contributed by atoms with Gasteiger partial charge in [-0.3, -0.25) is 14.6 Å². The number of rotatable bonds is 5. The summed E-state index contributed by atoms with van der Waals surface area (Å²) in [4.78, 5) is 31.7. The number of pyridine rings is 2. The van der Waals surface area contributed by atoms with Crippen LogP contribution in [0.5, 0.6) is 5.75 Å². The maximum Gasteiger partial charge on any atom is 0.416 e. The molecule has 1 atom stereocenters. The number of aromatic nitrogens is 2. The van der Waals surface area contributed by atoms with E-state index in [0.29, 0.717) is 35.6 Å². The van der Waals surface area contributed by atoms with Crippen molar-refractivity contribution in [2.45, 2.75) is 44.9 Å². The first kappa shape index (κ1) is 23.5. The van der Waals surface area contributed by atoms with Gasteiger partial charge in [0.05, 0.1) is 17.3 Å². The molecule has 1 aromatic carbocycles. The third-order valence-corrected chi connectivity index (χ3v) is 6.02. The van der Waals surface area contributed by atoms with Crippen LogP contribution in [-0.4, -0.2) is 32.0 Å². The van der Waals surface area contributed by atoms with Gasteiger partial charge in [0.25, 0.3) is 5.56 Å². The number of amides is 1. The first-order valence-corrected chi connectivity index (χ1v) is 10.9. The molecule has 0 spiro atoms. The van der Waals surface area contributed by atoms with Crippen molar-refractivity contribution >= 4 is 5.91 Å². The standard InChI is InChI=1S/C25H24F3N3O3/c1-16-12-20(32)14-23(33)31(16)15-24(34)30-11-3-6-22(30)21-5-2-4-19(29-21)13-17-7-9-18(10-8-17)25(26,27)28/h2,4-5,7-10,12,14,22,32H,3,6,11,13,15H2,1H3. The van der Waals surface area contributed by atoms with E-state index in [-0.39, 0.29) is 24.2 Å². The Balaban J connectivity index is 1.50. The molecule has 4 rings (SSSR count). The van der Waals surface area contributed by atoms with Crippen molar-refractivity contribution in [3.63, 3.8) is 0 Å². The van der Waals surface area contributed by atoms with Gasteiger partial charge in [0.2, 0.25) is 5.91 Å². The highest BCUT2D eigenvalue weighted by molar-refractivity contribution is 5.77. The molecular weight excluding hydrogens is 447 g/mol. The van der Waals surface area contributed by atoms with Crippen molar-refractivity contribution in [3.05, 3.63) is 93.2 Å². The van der Waals surface area contributed by atoms with E-state index in [9.17, 15) is 27.9 Å². The van der Waals surface area contributed by atoms with E-state index in [4.69, 9.17) is 0 Å². The molecule has 0 saturated carbocycles.